The average molecular weight is 672 g/mol. The summed E-state index contributed by atoms with van der Waals surface area (Å²) in [5.41, 5.74) is 12.1. The molecular formula is C51H41N. The van der Waals surface area contributed by atoms with Crippen LogP contribution in [0.2, 0.25) is 0 Å². The fourth-order valence-corrected chi connectivity index (χ4v) is 8.51. The molecule has 9 rings (SSSR count). The van der Waals surface area contributed by atoms with Gasteiger partial charge in [-0.1, -0.05) is 176 Å². The van der Waals surface area contributed by atoms with Gasteiger partial charge in [-0.3, -0.25) is 0 Å². The molecule has 1 heteroatoms. The number of hydrogen-bond acceptors (Lipinski definition) is 1. The molecule has 0 radical (unpaired) electrons. The van der Waals surface area contributed by atoms with Gasteiger partial charge in [-0.15, -0.1) is 0 Å². The lowest BCUT2D eigenvalue weighted by Crippen LogP contribution is -2.28. The molecule has 0 saturated heterocycles. The maximum Gasteiger partial charge on any atom is 0.0714 e. The van der Waals surface area contributed by atoms with Crippen molar-refractivity contribution in [2.24, 2.45) is 11.8 Å². The first kappa shape index (κ1) is 27.5. The molecular weight excluding hydrogens is 627 g/mol. The number of anilines is 2. The second-order valence-electron chi connectivity index (χ2n) is 13.7. The van der Waals surface area contributed by atoms with Crippen LogP contribution in [0.25, 0.3) is 11.1 Å². The number of allylic oxidation sites excluding steroid dienone is 16. The maximum absolute atomic E-state index is 9.18. The topological polar surface area (TPSA) is 12.0 Å². The lowest BCUT2D eigenvalue weighted by Gasteiger charge is -2.34. The molecule has 1 nitrogen and oxygen atoms in total. The van der Waals surface area contributed by atoms with Crippen LogP contribution in [0, 0.1) is 11.8 Å². The number of rotatable bonds is 8. The van der Waals surface area contributed by atoms with Gasteiger partial charge in [0, 0.05) is 23.2 Å². The normalized spacial score (nSPS) is 20.3. The molecule has 0 bridgehead atoms. The van der Waals surface area contributed by atoms with Crippen molar-refractivity contribution < 1.29 is 5.48 Å². The number of nitrogens with one attached hydrogen (secondary N) is 1. The van der Waals surface area contributed by atoms with Crippen molar-refractivity contribution in [2.75, 3.05) is 5.32 Å². The van der Waals surface area contributed by atoms with Crippen LogP contribution in [-0.4, -0.2) is 0 Å². The molecule has 0 heterocycles. The van der Waals surface area contributed by atoms with E-state index in [2.05, 4.69) is 151 Å². The van der Waals surface area contributed by atoms with Crippen LogP contribution in [0.1, 0.15) is 40.2 Å². The van der Waals surface area contributed by atoms with Crippen LogP contribution >= 0.6 is 0 Å². The summed E-state index contributed by atoms with van der Waals surface area (Å²) in [6.45, 7) is 1.99. The molecule has 250 valence electrons. The van der Waals surface area contributed by atoms with Crippen molar-refractivity contribution in [3.63, 3.8) is 0 Å². The lowest BCUT2D eigenvalue weighted by molar-refractivity contribution is 0.610. The van der Waals surface area contributed by atoms with E-state index >= 15 is 0 Å². The standard InChI is InChI=1S/C51H41N/c1-2-15-37(48-34-38-16-9-10-21-43(38)44-22-11-12-23-45(44)48)29-26-36-27-30-41(31-28-36)52-42-32-33-47-46-24-13-14-25-49(46)51(50(47)35-42,39-17-5-3-6-18-39)40-19-7-4-8-20-40/h2-25,27-35,43-44,52H,26H2,1H3/b15-2-,37-29+/i27D,28D,30D,31D. The SMILES string of the molecule is [2H]c1c([2H])c(Nc2ccc3c(c2)C(c2ccccc2)(c2ccccc2)c2ccccc2-3)c([2H])c([2H])c1C/C=C(\C=C/C)C1=C2C=CC=CC2C2C=CC=CC2=C1. The monoisotopic (exact) mass is 671 g/mol. The van der Waals surface area contributed by atoms with Crippen molar-refractivity contribution >= 4 is 11.4 Å². The van der Waals surface area contributed by atoms with Crippen molar-refractivity contribution in [2.45, 2.75) is 18.8 Å². The highest BCUT2D eigenvalue weighted by atomic mass is 14.9. The van der Waals surface area contributed by atoms with Crippen LogP contribution in [0.4, 0.5) is 11.4 Å². The smallest absolute Gasteiger partial charge is 0.0714 e. The molecule has 5 aromatic rings. The zero-order valence-corrected chi connectivity index (χ0v) is 29.1. The van der Waals surface area contributed by atoms with E-state index in [0.717, 1.165) is 33.4 Å². The summed E-state index contributed by atoms with van der Waals surface area (Å²) in [4.78, 5) is 0. The summed E-state index contributed by atoms with van der Waals surface area (Å²) in [6, 6.07) is 35.6. The van der Waals surface area contributed by atoms with Gasteiger partial charge in [0.25, 0.3) is 0 Å². The highest BCUT2D eigenvalue weighted by Gasteiger charge is 2.46. The zero-order chi connectivity index (χ0) is 38.4. The first-order chi connectivity index (χ1) is 27.4. The second-order valence-corrected chi connectivity index (χ2v) is 13.7. The molecule has 0 amide bonds. The molecule has 4 aliphatic rings. The summed E-state index contributed by atoms with van der Waals surface area (Å²) in [5.74, 6) is 0.518. The van der Waals surface area contributed by atoms with Gasteiger partial charge in [-0.2, -0.15) is 0 Å². The largest absolute Gasteiger partial charge is 0.356 e. The van der Waals surface area contributed by atoms with Crippen LogP contribution in [0.5, 0.6) is 0 Å². The average Bonchev–Trinajstić information content (AvgIpc) is 3.54. The minimum absolute atomic E-state index is 0.0421. The summed E-state index contributed by atoms with van der Waals surface area (Å²) < 4.78 is 36.7. The van der Waals surface area contributed by atoms with Crippen LogP contribution in [-0.2, 0) is 11.8 Å². The minimum atomic E-state index is -0.596. The van der Waals surface area contributed by atoms with E-state index in [0.29, 0.717) is 11.3 Å². The first-order valence-electron chi connectivity index (χ1n) is 20.1. The van der Waals surface area contributed by atoms with E-state index in [-0.39, 0.29) is 48.1 Å². The second kappa shape index (κ2) is 13.5. The van der Waals surface area contributed by atoms with Gasteiger partial charge in [0.05, 0.1) is 10.9 Å². The summed E-state index contributed by atoms with van der Waals surface area (Å²) in [7, 11) is 0. The van der Waals surface area contributed by atoms with Gasteiger partial charge in [-0.25, -0.2) is 0 Å². The van der Waals surface area contributed by atoms with Crippen molar-refractivity contribution in [1.82, 2.24) is 0 Å². The fourth-order valence-electron chi connectivity index (χ4n) is 8.51. The van der Waals surface area contributed by atoms with E-state index in [4.69, 9.17) is 2.74 Å². The van der Waals surface area contributed by atoms with Crippen LogP contribution < -0.4 is 5.32 Å². The summed E-state index contributed by atoms with van der Waals surface area (Å²) in [6.07, 6.45) is 25.9. The Morgan fingerprint density at radius 3 is 2.12 bits per heavy atom. The number of hydrogen-bond donors (Lipinski definition) is 1. The fraction of sp³-hybridized carbons (Fsp3) is 0.0980. The zero-order valence-electron chi connectivity index (χ0n) is 33.1. The van der Waals surface area contributed by atoms with Gasteiger partial charge in [0.15, 0.2) is 0 Å². The Hall–Kier alpha value is -6.18. The van der Waals surface area contributed by atoms with Gasteiger partial charge in [0.1, 0.15) is 0 Å². The molecule has 1 N–H and O–H groups in total. The Balaban J connectivity index is 1.10. The predicted molar refractivity (Wildman–Crippen MR) is 219 cm³/mol. The molecule has 2 unspecified atom stereocenters. The summed E-state index contributed by atoms with van der Waals surface area (Å²) in [5, 5.41) is 3.36. The number of benzene rings is 5. The van der Waals surface area contributed by atoms with Gasteiger partial charge in [0.2, 0.25) is 0 Å². The van der Waals surface area contributed by atoms with E-state index in [9.17, 15) is 2.74 Å². The van der Waals surface area contributed by atoms with Crippen LogP contribution in [0.15, 0.2) is 223 Å². The third-order valence-electron chi connectivity index (χ3n) is 10.8. The first-order valence-corrected chi connectivity index (χ1v) is 18.1. The van der Waals surface area contributed by atoms with E-state index in [1.807, 2.05) is 37.3 Å². The molecule has 4 aliphatic carbocycles. The third-order valence-corrected chi connectivity index (χ3v) is 10.8. The maximum atomic E-state index is 9.18. The van der Waals surface area contributed by atoms with E-state index in [1.165, 1.54) is 22.3 Å². The Labute approximate surface area is 313 Å². The van der Waals surface area contributed by atoms with E-state index < -0.39 is 5.41 Å². The predicted octanol–water partition coefficient (Wildman–Crippen LogP) is 12.6. The lowest BCUT2D eigenvalue weighted by atomic mass is 9.67. The highest BCUT2D eigenvalue weighted by molar-refractivity contribution is 5.88. The molecule has 2 atom stereocenters. The molecule has 5 aromatic carbocycles. The Morgan fingerprint density at radius 1 is 0.692 bits per heavy atom. The Morgan fingerprint density at radius 2 is 1.37 bits per heavy atom. The van der Waals surface area contributed by atoms with Crippen molar-refractivity contribution in [3.8, 4) is 11.1 Å². The molecule has 0 spiro atoms. The Kier molecular flexibility index (Phi) is 7.15. The van der Waals surface area contributed by atoms with Gasteiger partial charge >= 0.3 is 0 Å². The van der Waals surface area contributed by atoms with Crippen molar-refractivity contribution in [1.29, 1.82) is 0 Å². The molecule has 52 heavy (non-hydrogen) atoms. The minimum Gasteiger partial charge on any atom is -0.356 e. The van der Waals surface area contributed by atoms with Gasteiger partial charge < -0.3 is 5.32 Å². The molecule has 0 fully saturated rings. The third kappa shape index (κ3) is 5.41. The molecule has 0 saturated carbocycles. The van der Waals surface area contributed by atoms with Crippen molar-refractivity contribution in [3.05, 3.63) is 250 Å². The van der Waals surface area contributed by atoms with Gasteiger partial charge in [-0.05, 0) is 98.8 Å². The van der Waals surface area contributed by atoms with Crippen LogP contribution in [0.3, 0.4) is 0 Å². The quantitative estimate of drug-likeness (QED) is 0.159. The summed E-state index contributed by atoms with van der Waals surface area (Å²) >= 11 is 0. The number of fused-ring (bicyclic) bond motifs is 6. The molecule has 0 aromatic heterocycles. The molecule has 0 aliphatic heterocycles. The highest BCUT2D eigenvalue weighted by Crippen LogP contribution is 2.56. The Bertz CT molecular complexity index is 2570. The van der Waals surface area contributed by atoms with E-state index in [1.54, 1.807) is 0 Å².